The Kier molecular flexibility index (Phi) is 7.30. The maximum Gasteiger partial charge on any atom is 0.410 e. The molecule has 2 spiro atoms. The molecular formula is C37H60N2O5. The van der Waals surface area contributed by atoms with Crippen LogP contribution in [0.25, 0.3) is 0 Å². The first-order valence-corrected chi connectivity index (χ1v) is 18.6. The van der Waals surface area contributed by atoms with E-state index < -0.39 is 0 Å². The number of carbonyl (C=O) groups is 1. The Balaban J connectivity index is 0.968. The van der Waals surface area contributed by atoms with Crippen molar-refractivity contribution in [2.75, 3.05) is 39.8 Å². The highest BCUT2D eigenvalue weighted by Crippen LogP contribution is 2.87. The number of ether oxygens (including phenoxy) is 4. The average molecular weight is 613 g/mol. The first kappa shape index (κ1) is 30.4. The highest BCUT2D eigenvalue weighted by Gasteiger charge is 2.80. The molecule has 0 bridgehead atoms. The molecule has 0 aromatic rings. The second-order valence-corrected chi connectivity index (χ2v) is 18.0. The van der Waals surface area contributed by atoms with Crippen LogP contribution in [0.15, 0.2) is 0 Å². The molecule has 0 aromatic carbocycles. The van der Waals surface area contributed by atoms with E-state index in [-0.39, 0.29) is 35.9 Å². The summed E-state index contributed by atoms with van der Waals surface area (Å²) < 4.78 is 26.1. The van der Waals surface area contributed by atoms with Gasteiger partial charge in [-0.05, 0) is 129 Å². The van der Waals surface area contributed by atoms with Gasteiger partial charge in [-0.25, -0.2) is 4.79 Å². The van der Waals surface area contributed by atoms with E-state index in [4.69, 9.17) is 18.9 Å². The number of amides is 1. The van der Waals surface area contributed by atoms with Gasteiger partial charge >= 0.3 is 6.09 Å². The lowest BCUT2D eigenvalue weighted by molar-refractivity contribution is -0.243. The van der Waals surface area contributed by atoms with Crippen molar-refractivity contribution in [1.29, 1.82) is 0 Å². The molecule has 0 radical (unpaired) electrons. The van der Waals surface area contributed by atoms with E-state index in [9.17, 15) is 4.79 Å². The third-order valence-electron chi connectivity index (χ3n) is 15.5. The molecule has 12 unspecified atom stereocenters. The van der Waals surface area contributed by atoms with Gasteiger partial charge in [0.15, 0.2) is 6.29 Å². The van der Waals surface area contributed by atoms with Gasteiger partial charge in [-0.1, -0.05) is 34.6 Å². The van der Waals surface area contributed by atoms with Crippen LogP contribution in [0.1, 0.15) is 105 Å². The quantitative estimate of drug-likeness (QED) is 0.343. The summed E-state index contributed by atoms with van der Waals surface area (Å²) in [5.74, 6) is 3.29. The predicted octanol–water partition coefficient (Wildman–Crippen LogP) is 6.73. The lowest BCUT2D eigenvalue weighted by Crippen LogP contribution is -2.56. The smallest absolute Gasteiger partial charge is 0.410 e. The van der Waals surface area contributed by atoms with E-state index in [2.05, 4.69) is 46.6 Å². The van der Waals surface area contributed by atoms with Gasteiger partial charge in [0.05, 0.1) is 24.9 Å². The molecule has 248 valence electrons. The fraction of sp³-hybridized carbons (Fsp3) is 0.973. The van der Waals surface area contributed by atoms with Crippen molar-refractivity contribution < 1.29 is 23.7 Å². The van der Waals surface area contributed by atoms with Crippen LogP contribution >= 0.6 is 0 Å². The van der Waals surface area contributed by atoms with Crippen LogP contribution in [0.4, 0.5) is 4.79 Å². The monoisotopic (exact) mass is 612 g/mol. The van der Waals surface area contributed by atoms with Gasteiger partial charge in [0.1, 0.15) is 6.10 Å². The lowest BCUT2D eigenvalue weighted by atomic mass is 9.46. The second-order valence-electron chi connectivity index (χ2n) is 18.0. The van der Waals surface area contributed by atoms with Crippen molar-refractivity contribution in [3.05, 3.63) is 0 Å². The van der Waals surface area contributed by atoms with Gasteiger partial charge in [-0.3, -0.25) is 4.90 Å². The summed E-state index contributed by atoms with van der Waals surface area (Å²) in [5.41, 5.74) is 1.65. The number of nitrogens with zero attached hydrogens (tertiary/aromatic N) is 2. The lowest BCUT2D eigenvalue weighted by Gasteiger charge is -2.60. The molecule has 7 heteroatoms. The Bertz CT molecular complexity index is 1130. The number of morpholine rings is 1. The van der Waals surface area contributed by atoms with Crippen molar-refractivity contribution in [3.63, 3.8) is 0 Å². The minimum absolute atomic E-state index is 0.0335. The van der Waals surface area contributed by atoms with Gasteiger partial charge in [-0.2, -0.15) is 0 Å². The topological polar surface area (TPSA) is 60.5 Å². The molecule has 5 aliphatic carbocycles. The zero-order valence-electron chi connectivity index (χ0n) is 28.5. The van der Waals surface area contributed by atoms with E-state index >= 15 is 0 Å². The zero-order valence-corrected chi connectivity index (χ0v) is 28.5. The molecule has 3 aliphatic heterocycles. The molecule has 3 heterocycles. The molecule has 5 saturated carbocycles. The molecule has 44 heavy (non-hydrogen) atoms. The van der Waals surface area contributed by atoms with Crippen LogP contribution in [0, 0.1) is 51.2 Å². The van der Waals surface area contributed by atoms with E-state index in [1.807, 2.05) is 4.90 Å². The second kappa shape index (κ2) is 10.6. The molecule has 0 N–H and O–H groups in total. The minimum atomic E-state index is -0.146. The summed E-state index contributed by atoms with van der Waals surface area (Å²) in [7, 11) is 2.18. The Morgan fingerprint density at radius 2 is 1.70 bits per heavy atom. The van der Waals surface area contributed by atoms with Crippen LogP contribution in [0.3, 0.4) is 0 Å². The van der Waals surface area contributed by atoms with Crippen molar-refractivity contribution in [3.8, 4) is 0 Å². The Morgan fingerprint density at radius 1 is 0.909 bits per heavy atom. The Hall–Kier alpha value is -0.890. The number of fused-ring (bicyclic) bond motifs is 4. The molecule has 0 aromatic heterocycles. The third-order valence-corrected chi connectivity index (χ3v) is 15.5. The van der Waals surface area contributed by atoms with Crippen LogP contribution in [-0.4, -0.2) is 86.4 Å². The largest absolute Gasteiger partial charge is 0.443 e. The first-order valence-electron chi connectivity index (χ1n) is 18.6. The van der Waals surface area contributed by atoms with Gasteiger partial charge < -0.3 is 23.8 Å². The van der Waals surface area contributed by atoms with E-state index in [1.54, 1.807) is 0 Å². The number of rotatable bonds is 5. The SMILES string of the molecule is CC(C)C(OC(=O)N1CCC1)C1CCC2C(CC3C4CCC5C(C)(C)C(OC6CN(C)CCO6)CCC56CC46CCC23C)O1. The fourth-order valence-corrected chi connectivity index (χ4v) is 13.1. The molecule has 3 saturated heterocycles. The van der Waals surface area contributed by atoms with E-state index in [1.165, 1.54) is 57.8 Å². The molecule has 8 aliphatic rings. The molecule has 12 atom stereocenters. The van der Waals surface area contributed by atoms with Crippen molar-refractivity contribution in [2.24, 2.45) is 51.2 Å². The van der Waals surface area contributed by atoms with Crippen molar-refractivity contribution >= 4 is 6.09 Å². The van der Waals surface area contributed by atoms with Crippen LogP contribution < -0.4 is 0 Å². The summed E-state index contributed by atoms with van der Waals surface area (Å²) in [6.45, 7) is 16.4. The van der Waals surface area contributed by atoms with Crippen molar-refractivity contribution in [1.82, 2.24) is 9.80 Å². The van der Waals surface area contributed by atoms with Gasteiger partial charge in [0.25, 0.3) is 0 Å². The van der Waals surface area contributed by atoms with Crippen LogP contribution in [0.2, 0.25) is 0 Å². The van der Waals surface area contributed by atoms with E-state index in [0.29, 0.717) is 34.4 Å². The fourth-order valence-electron chi connectivity index (χ4n) is 13.1. The molecule has 7 nitrogen and oxygen atoms in total. The maximum atomic E-state index is 12.8. The molecule has 8 rings (SSSR count). The average Bonchev–Trinajstić information content (AvgIpc) is 3.52. The number of hydrogen-bond acceptors (Lipinski definition) is 6. The number of likely N-dealkylation sites (N-methyl/N-ethyl adjacent to an activating group) is 1. The van der Waals surface area contributed by atoms with Crippen LogP contribution in [-0.2, 0) is 18.9 Å². The minimum Gasteiger partial charge on any atom is -0.443 e. The molecular weight excluding hydrogens is 552 g/mol. The summed E-state index contributed by atoms with van der Waals surface area (Å²) in [5, 5.41) is 0. The van der Waals surface area contributed by atoms with E-state index in [0.717, 1.165) is 63.4 Å². The number of likely N-dealkylation sites (tertiary alicyclic amines) is 1. The van der Waals surface area contributed by atoms with Gasteiger partial charge in [-0.15, -0.1) is 0 Å². The standard InChI is InChI=1S/C37H60N2O5/c1-23(2)32(44-33(40)39-16-7-17-39)27-10-8-25-28(42-27)20-26-24-9-11-29-34(3,4)30(43-31-21-38(6)18-19-41-31)12-13-37(29)22-36(24,37)15-14-35(25,26)5/h23-32H,7-22H2,1-6H3. The molecule has 8 fully saturated rings. The van der Waals surface area contributed by atoms with Gasteiger partial charge in [0, 0.05) is 26.2 Å². The summed E-state index contributed by atoms with van der Waals surface area (Å²) in [4.78, 5) is 17.0. The summed E-state index contributed by atoms with van der Waals surface area (Å²) >= 11 is 0. The Labute approximate surface area is 266 Å². The zero-order chi connectivity index (χ0) is 30.6. The number of hydrogen-bond donors (Lipinski definition) is 0. The summed E-state index contributed by atoms with van der Waals surface area (Å²) in [6, 6.07) is 0. The summed E-state index contributed by atoms with van der Waals surface area (Å²) in [6.07, 6.45) is 14.4. The highest BCUT2D eigenvalue weighted by molar-refractivity contribution is 5.68. The predicted molar refractivity (Wildman–Crippen MR) is 169 cm³/mol. The van der Waals surface area contributed by atoms with Crippen LogP contribution in [0.5, 0.6) is 0 Å². The number of carbonyl (C=O) groups excluding carboxylic acids is 1. The highest BCUT2D eigenvalue weighted by atomic mass is 16.7. The third kappa shape index (κ3) is 4.36. The molecule has 1 amide bonds. The maximum absolute atomic E-state index is 12.8. The van der Waals surface area contributed by atoms with Gasteiger partial charge in [0.2, 0.25) is 0 Å². The first-order chi connectivity index (χ1) is 21.0. The van der Waals surface area contributed by atoms with Crippen molar-refractivity contribution in [2.45, 2.75) is 136 Å². The normalized spacial score (nSPS) is 49.9. The Morgan fingerprint density at radius 3 is 2.43 bits per heavy atom.